The molecule has 1 aliphatic carbocycles. The van der Waals surface area contributed by atoms with E-state index in [-0.39, 0.29) is 35.0 Å². The second-order valence-electron chi connectivity index (χ2n) is 7.82. The van der Waals surface area contributed by atoms with Crippen molar-refractivity contribution in [1.29, 1.82) is 0 Å². The quantitative estimate of drug-likeness (QED) is 0.463. The molecule has 2 aromatic heterocycles. The Morgan fingerprint density at radius 2 is 1.78 bits per heavy atom. The minimum absolute atomic E-state index is 0.0285. The van der Waals surface area contributed by atoms with Gasteiger partial charge in [-0.3, -0.25) is 9.78 Å². The van der Waals surface area contributed by atoms with Gasteiger partial charge in [0.15, 0.2) is 17.5 Å². The van der Waals surface area contributed by atoms with Gasteiger partial charge in [-0.25, -0.2) is 13.8 Å². The van der Waals surface area contributed by atoms with E-state index in [1.165, 1.54) is 6.07 Å². The van der Waals surface area contributed by atoms with Crippen LogP contribution in [0.3, 0.4) is 0 Å². The summed E-state index contributed by atoms with van der Waals surface area (Å²) in [5, 5.41) is 5.82. The third-order valence-electron chi connectivity index (χ3n) is 5.56. The number of aromatic nitrogens is 2. The van der Waals surface area contributed by atoms with E-state index in [9.17, 15) is 13.6 Å². The summed E-state index contributed by atoms with van der Waals surface area (Å²) in [5.41, 5.74) is 12.7. The Hall–Kier alpha value is -3.59. The normalized spacial score (nSPS) is 18.2. The monoisotopic (exact) mass is 438 g/mol. The molecule has 1 aliphatic rings. The molecule has 2 atom stereocenters. The molecule has 0 aliphatic heterocycles. The predicted octanol–water partition coefficient (Wildman–Crippen LogP) is 3.95. The molecule has 1 fully saturated rings. The van der Waals surface area contributed by atoms with Crippen LogP contribution in [-0.2, 0) is 0 Å². The van der Waals surface area contributed by atoms with Gasteiger partial charge in [0.25, 0.3) is 5.91 Å². The van der Waals surface area contributed by atoms with E-state index in [2.05, 4.69) is 20.6 Å². The molecule has 0 bridgehead atoms. The van der Waals surface area contributed by atoms with Crippen molar-refractivity contribution in [3.05, 3.63) is 65.9 Å². The maximum Gasteiger partial charge on any atom is 0.252 e. The lowest BCUT2D eigenvalue weighted by Gasteiger charge is -2.30. The van der Waals surface area contributed by atoms with Gasteiger partial charge in [-0.05, 0) is 25.0 Å². The molecule has 32 heavy (non-hydrogen) atoms. The minimum Gasteiger partial charge on any atom is -0.365 e. The lowest BCUT2D eigenvalue weighted by Crippen LogP contribution is -2.43. The number of rotatable bonds is 6. The van der Waals surface area contributed by atoms with E-state index in [1.54, 1.807) is 0 Å². The number of nitrogens with one attached hydrogen (secondary N) is 2. The molecular weight excluding hydrogens is 414 g/mol. The first-order valence-electron chi connectivity index (χ1n) is 10.4. The molecule has 1 saturated carbocycles. The summed E-state index contributed by atoms with van der Waals surface area (Å²) in [5.74, 6) is -2.41. The van der Waals surface area contributed by atoms with Crippen molar-refractivity contribution in [3.8, 4) is 11.3 Å². The van der Waals surface area contributed by atoms with Gasteiger partial charge >= 0.3 is 0 Å². The Labute approximate surface area is 184 Å². The Morgan fingerprint density at radius 3 is 2.50 bits per heavy atom. The molecule has 0 spiro atoms. The second kappa shape index (κ2) is 9.27. The molecule has 1 unspecified atom stereocenters. The fourth-order valence-electron chi connectivity index (χ4n) is 3.82. The van der Waals surface area contributed by atoms with E-state index < -0.39 is 17.5 Å². The van der Waals surface area contributed by atoms with Gasteiger partial charge < -0.3 is 22.1 Å². The van der Waals surface area contributed by atoms with Crippen LogP contribution in [0.2, 0.25) is 0 Å². The van der Waals surface area contributed by atoms with E-state index in [0.717, 1.165) is 43.5 Å². The fourth-order valence-corrected chi connectivity index (χ4v) is 3.82. The number of hydrogen-bond acceptors (Lipinski definition) is 6. The molecule has 6 N–H and O–H groups in total. The summed E-state index contributed by atoms with van der Waals surface area (Å²) in [7, 11) is 0. The number of primary amides is 1. The first-order chi connectivity index (χ1) is 15.4. The summed E-state index contributed by atoms with van der Waals surface area (Å²) >= 11 is 0. The number of pyridine rings is 2. The molecule has 3 aromatic rings. The summed E-state index contributed by atoms with van der Waals surface area (Å²) in [6.07, 6.45) is 4.67. The van der Waals surface area contributed by atoms with E-state index >= 15 is 0 Å². The molecule has 2 heterocycles. The zero-order chi connectivity index (χ0) is 22.7. The van der Waals surface area contributed by atoms with Crippen LogP contribution in [0.25, 0.3) is 11.3 Å². The van der Waals surface area contributed by atoms with Gasteiger partial charge in [0.1, 0.15) is 5.82 Å². The highest BCUT2D eigenvalue weighted by Gasteiger charge is 2.24. The van der Waals surface area contributed by atoms with Crippen molar-refractivity contribution in [2.45, 2.75) is 37.8 Å². The van der Waals surface area contributed by atoms with Gasteiger partial charge in [0, 0.05) is 17.6 Å². The first-order valence-corrected chi connectivity index (χ1v) is 10.4. The maximum atomic E-state index is 14.7. The van der Waals surface area contributed by atoms with Gasteiger partial charge in [0.05, 0.1) is 23.1 Å². The highest BCUT2D eigenvalue weighted by molar-refractivity contribution is 5.98. The molecule has 1 amide bonds. The molecule has 9 heteroatoms. The Morgan fingerprint density at radius 1 is 1.03 bits per heavy atom. The van der Waals surface area contributed by atoms with E-state index in [4.69, 9.17) is 11.5 Å². The van der Waals surface area contributed by atoms with Gasteiger partial charge in [-0.15, -0.1) is 0 Å². The zero-order valence-corrected chi connectivity index (χ0v) is 17.3. The van der Waals surface area contributed by atoms with Crippen LogP contribution >= 0.6 is 0 Å². The molecule has 166 valence electrons. The zero-order valence-electron chi connectivity index (χ0n) is 17.3. The largest absolute Gasteiger partial charge is 0.365 e. The molecule has 0 radical (unpaired) electrons. The van der Waals surface area contributed by atoms with E-state index in [0.29, 0.717) is 5.69 Å². The highest BCUT2D eigenvalue weighted by atomic mass is 19.1. The van der Waals surface area contributed by atoms with Crippen molar-refractivity contribution >= 4 is 23.2 Å². The second-order valence-corrected chi connectivity index (χ2v) is 7.82. The van der Waals surface area contributed by atoms with Crippen LogP contribution in [0.15, 0.2) is 48.7 Å². The number of hydrogen-bond donors (Lipinski definition) is 4. The average molecular weight is 438 g/mol. The maximum absolute atomic E-state index is 14.7. The van der Waals surface area contributed by atoms with Crippen molar-refractivity contribution in [2.75, 3.05) is 10.6 Å². The van der Waals surface area contributed by atoms with Crippen molar-refractivity contribution in [2.24, 2.45) is 11.5 Å². The number of halogens is 2. The van der Waals surface area contributed by atoms with Gasteiger partial charge in [-0.1, -0.05) is 43.2 Å². The molecule has 4 rings (SSSR count). The smallest absolute Gasteiger partial charge is 0.252 e. The fraction of sp³-hybridized carbons (Fsp3) is 0.261. The van der Waals surface area contributed by atoms with Crippen LogP contribution < -0.4 is 22.1 Å². The molecule has 0 saturated heterocycles. The highest BCUT2D eigenvalue weighted by Crippen LogP contribution is 2.29. The topological polar surface area (TPSA) is 119 Å². The SMILES string of the molecule is NC(=O)c1cc(F)c(NC2CCCC[C@@H]2N)nc1Nc1cc(-c2ccccc2)ncc1F. The molecular formula is C23H24F2N6O. The average Bonchev–Trinajstić information content (AvgIpc) is 2.79. The van der Waals surface area contributed by atoms with Crippen molar-refractivity contribution in [1.82, 2.24) is 9.97 Å². The molecule has 7 nitrogen and oxygen atoms in total. The minimum atomic E-state index is -0.891. The van der Waals surface area contributed by atoms with Crippen molar-refractivity contribution in [3.63, 3.8) is 0 Å². The Kier molecular flexibility index (Phi) is 6.27. The lowest BCUT2D eigenvalue weighted by atomic mass is 9.91. The number of carbonyl (C=O) groups is 1. The molecule has 1 aromatic carbocycles. The van der Waals surface area contributed by atoms with Crippen molar-refractivity contribution < 1.29 is 13.6 Å². The Bertz CT molecular complexity index is 1120. The number of nitrogens with two attached hydrogens (primary N) is 2. The van der Waals surface area contributed by atoms with Crippen LogP contribution in [-0.4, -0.2) is 28.0 Å². The van der Waals surface area contributed by atoms with Crippen LogP contribution in [0.1, 0.15) is 36.0 Å². The number of amides is 1. The summed E-state index contributed by atoms with van der Waals surface area (Å²) in [6.45, 7) is 0. The Balaban J connectivity index is 1.69. The van der Waals surface area contributed by atoms with Crippen LogP contribution in [0.4, 0.5) is 26.1 Å². The number of carbonyl (C=O) groups excluding carboxylic acids is 1. The number of anilines is 3. The summed E-state index contributed by atoms with van der Waals surface area (Å²) < 4.78 is 29.2. The predicted molar refractivity (Wildman–Crippen MR) is 119 cm³/mol. The third kappa shape index (κ3) is 4.67. The summed E-state index contributed by atoms with van der Waals surface area (Å²) in [4.78, 5) is 20.3. The van der Waals surface area contributed by atoms with Crippen LogP contribution in [0.5, 0.6) is 0 Å². The van der Waals surface area contributed by atoms with Gasteiger partial charge in [-0.2, -0.15) is 0 Å². The number of benzene rings is 1. The lowest BCUT2D eigenvalue weighted by molar-refractivity contribution is 0.100. The van der Waals surface area contributed by atoms with Gasteiger partial charge in [0.2, 0.25) is 0 Å². The van der Waals surface area contributed by atoms with Crippen LogP contribution in [0, 0.1) is 11.6 Å². The summed E-state index contributed by atoms with van der Waals surface area (Å²) in [6, 6.07) is 11.4. The first kappa shape index (κ1) is 21.6. The standard InChI is InChI=1S/C23H24F2N6O/c24-15-10-14(21(27)32)22(31-23(15)29-18-9-5-4-8-17(18)26)30-20-11-19(28-12-16(20)25)13-6-2-1-3-7-13/h1-3,6-7,10-12,17-18H,4-5,8-9,26H2,(H2,27,32)(H2,28,29,30,31)/t17-,18?/m0/s1. The third-order valence-corrected chi connectivity index (χ3v) is 5.56. The van der Waals surface area contributed by atoms with E-state index in [1.807, 2.05) is 30.3 Å². The number of nitrogens with zero attached hydrogens (tertiary/aromatic N) is 2.